The SMILES string of the molecule is CCCCN(C)S(=O)(=O)c1cc(F)c(Cl)c(CN)c1. The van der Waals surface area contributed by atoms with Crippen molar-refractivity contribution in [1.29, 1.82) is 0 Å². The number of nitrogens with zero attached hydrogens (tertiary/aromatic N) is 1. The van der Waals surface area contributed by atoms with Gasteiger partial charge < -0.3 is 5.73 Å². The van der Waals surface area contributed by atoms with E-state index in [2.05, 4.69) is 0 Å². The minimum Gasteiger partial charge on any atom is -0.326 e. The van der Waals surface area contributed by atoms with Gasteiger partial charge in [-0.15, -0.1) is 0 Å². The smallest absolute Gasteiger partial charge is 0.242 e. The fraction of sp³-hybridized carbons (Fsp3) is 0.500. The molecule has 0 spiro atoms. The first-order valence-electron chi connectivity index (χ1n) is 5.99. The Kier molecular flexibility index (Phi) is 5.73. The van der Waals surface area contributed by atoms with Crippen LogP contribution in [-0.4, -0.2) is 26.3 Å². The molecule has 2 N–H and O–H groups in total. The summed E-state index contributed by atoms with van der Waals surface area (Å²) in [5.74, 6) is -0.771. The number of hydrogen-bond acceptors (Lipinski definition) is 3. The molecule has 0 radical (unpaired) electrons. The van der Waals surface area contributed by atoms with Gasteiger partial charge in [0.15, 0.2) is 0 Å². The molecular weight excluding hydrogens is 291 g/mol. The number of unbranched alkanes of at least 4 members (excludes halogenated alkanes) is 1. The zero-order valence-electron chi connectivity index (χ0n) is 11.0. The monoisotopic (exact) mass is 308 g/mol. The van der Waals surface area contributed by atoms with Gasteiger partial charge in [0.2, 0.25) is 10.0 Å². The highest BCUT2D eigenvalue weighted by molar-refractivity contribution is 7.89. The van der Waals surface area contributed by atoms with Crippen molar-refractivity contribution >= 4 is 21.6 Å². The Morgan fingerprint density at radius 3 is 2.58 bits per heavy atom. The van der Waals surface area contributed by atoms with Crippen molar-refractivity contribution in [3.63, 3.8) is 0 Å². The summed E-state index contributed by atoms with van der Waals surface area (Å²) < 4.78 is 39.3. The minimum atomic E-state index is -3.70. The Morgan fingerprint density at radius 1 is 1.42 bits per heavy atom. The second kappa shape index (κ2) is 6.65. The van der Waals surface area contributed by atoms with Gasteiger partial charge in [-0.3, -0.25) is 0 Å². The van der Waals surface area contributed by atoms with E-state index >= 15 is 0 Å². The molecule has 0 amide bonds. The first-order chi connectivity index (χ1) is 8.84. The molecule has 0 bridgehead atoms. The molecule has 1 rings (SSSR count). The topological polar surface area (TPSA) is 63.4 Å². The van der Waals surface area contributed by atoms with Crippen molar-refractivity contribution in [1.82, 2.24) is 4.31 Å². The van der Waals surface area contributed by atoms with E-state index in [-0.39, 0.29) is 22.0 Å². The molecule has 1 aromatic rings. The lowest BCUT2D eigenvalue weighted by Crippen LogP contribution is -2.28. The molecule has 0 fully saturated rings. The highest BCUT2D eigenvalue weighted by atomic mass is 35.5. The van der Waals surface area contributed by atoms with Crippen LogP contribution in [0.4, 0.5) is 4.39 Å². The van der Waals surface area contributed by atoms with Gasteiger partial charge in [-0.25, -0.2) is 17.1 Å². The van der Waals surface area contributed by atoms with E-state index in [4.69, 9.17) is 17.3 Å². The summed E-state index contributed by atoms with van der Waals surface area (Å²) in [5, 5.41) is -0.127. The highest BCUT2D eigenvalue weighted by Gasteiger charge is 2.22. The van der Waals surface area contributed by atoms with Crippen molar-refractivity contribution < 1.29 is 12.8 Å². The maximum Gasteiger partial charge on any atom is 0.242 e. The Morgan fingerprint density at radius 2 is 2.05 bits per heavy atom. The second-order valence-corrected chi connectivity index (χ2v) is 6.69. The van der Waals surface area contributed by atoms with Gasteiger partial charge in [0, 0.05) is 20.1 Å². The molecule has 0 aliphatic carbocycles. The number of benzene rings is 1. The lowest BCUT2D eigenvalue weighted by atomic mass is 10.2. The molecule has 0 saturated carbocycles. The van der Waals surface area contributed by atoms with Crippen LogP contribution in [0.5, 0.6) is 0 Å². The van der Waals surface area contributed by atoms with Crippen molar-refractivity contribution in [2.75, 3.05) is 13.6 Å². The summed E-state index contributed by atoms with van der Waals surface area (Å²) in [6.45, 7) is 2.34. The first-order valence-corrected chi connectivity index (χ1v) is 7.80. The van der Waals surface area contributed by atoms with Gasteiger partial charge >= 0.3 is 0 Å². The van der Waals surface area contributed by atoms with Gasteiger partial charge in [-0.2, -0.15) is 0 Å². The third-order valence-electron chi connectivity index (χ3n) is 2.83. The number of rotatable bonds is 6. The van der Waals surface area contributed by atoms with Crippen LogP contribution in [0.1, 0.15) is 25.3 Å². The van der Waals surface area contributed by atoms with Crippen molar-refractivity contribution in [3.8, 4) is 0 Å². The molecule has 0 unspecified atom stereocenters. The minimum absolute atomic E-state index is 0.0161. The molecule has 0 aromatic heterocycles. The molecule has 1 aromatic carbocycles. The summed E-state index contributed by atoms with van der Waals surface area (Å²) in [5.41, 5.74) is 5.71. The third-order valence-corrected chi connectivity index (χ3v) is 5.09. The van der Waals surface area contributed by atoms with E-state index in [1.807, 2.05) is 6.92 Å². The molecule has 4 nitrogen and oxygen atoms in total. The number of sulfonamides is 1. The van der Waals surface area contributed by atoms with Crippen molar-refractivity contribution in [2.24, 2.45) is 5.73 Å². The van der Waals surface area contributed by atoms with Crippen LogP contribution in [-0.2, 0) is 16.6 Å². The predicted molar refractivity (Wildman–Crippen MR) is 74.0 cm³/mol. The molecule has 7 heteroatoms. The standard InChI is InChI=1S/C12H18ClFN2O2S/c1-3-4-5-16(2)19(17,18)10-6-9(8-15)12(13)11(14)7-10/h6-7H,3-5,8,15H2,1-2H3. The Balaban J connectivity index is 3.18. The first kappa shape index (κ1) is 16.4. The fourth-order valence-electron chi connectivity index (χ4n) is 1.60. The second-order valence-electron chi connectivity index (χ2n) is 4.26. The van der Waals surface area contributed by atoms with E-state index in [9.17, 15) is 12.8 Å². The van der Waals surface area contributed by atoms with Crippen LogP contribution in [0.3, 0.4) is 0 Å². The normalized spacial score (nSPS) is 12.1. The van der Waals surface area contributed by atoms with Crippen LogP contribution < -0.4 is 5.73 Å². The predicted octanol–water partition coefficient (Wildman–Crippen LogP) is 2.36. The van der Waals surface area contributed by atoms with Gasteiger partial charge in [-0.1, -0.05) is 24.9 Å². The maximum atomic E-state index is 13.6. The lowest BCUT2D eigenvalue weighted by molar-refractivity contribution is 0.458. The average Bonchev–Trinajstić information content (AvgIpc) is 2.38. The maximum absolute atomic E-state index is 13.6. The van der Waals surface area contributed by atoms with Crippen LogP contribution >= 0.6 is 11.6 Å². The Hall–Kier alpha value is -0.690. The summed E-state index contributed by atoms with van der Waals surface area (Å²) in [6, 6.07) is 2.25. The summed E-state index contributed by atoms with van der Waals surface area (Å²) in [4.78, 5) is -0.117. The Labute approximate surface area is 118 Å². The van der Waals surface area contributed by atoms with Gasteiger partial charge in [0.25, 0.3) is 0 Å². The van der Waals surface area contributed by atoms with Crippen LogP contribution in [0, 0.1) is 5.82 Å². The van der Waals surface area contributed by atoms with E-state index < -0.39 is 15.8 Å². The van der Waals surface area contributed by atoms with Gasteiger partial charge in [0.05, 0.1) is 9.92 Å². The number of halogens is 2. The summed E-state index contributed by atoms with van der Waals surface area (Å²) >= 11 is 5.72. The van der Waals surface area contributed by atoms with E-state index in [1.54, 1.807) is 0 Å². The lowest BCUT2D eigenvalue weighted by Gasteiger charge is -2.17. The van der Waals surface area contributed by atoms with Crippen LogP contribution in [0.15, 0.2) is 17.0 Å². The quantitative estimate of drug-likeness (QED) is 0.877. The molecule has 0 heterocycles. The van der Waals surface area contributed by atoms with E-state index in [0.29, 0.717) is 6.54 Å². The van der Waals surface area contributed by atoms with Crippen molar-refractivity contribution in [2.45, 2.75) is 31.2 Å². The Bertz CT molecular complexity index is 549. The third kappa shape index (κ3) is 3.66. The van der Waals surface area contributed by atoms with Gasteiger partial charge in [0.1, 0.15) is 5.82 Å². The summed E-state index contributed by atoms with van der Waals surface area (Å²) in [6.07, 6.45) is 1.62. The van der Waals surface area contributed by atoms with Crippen molar-refractivity contribution in [3.05, 3.63) is 28.5 Å². The average molecular weight is 309 g/mol. The molecule has 0 aliphatic rings. The van der Waals surface area contributed by atoms with Gasteiger partial charge in [-0.05, 0) is 24.1 Å². The highest BCUT2D eigenvalue weighted by Crippen LogP contribution is 2.25. The number of nitrogens with two attached hydrogens (primary N) is 1. The van der Waals surface area contributed by atoms with Crippen LogP contribution in [0.25, 0.3) is 0 Å². The largest absolute Gasteiger partial charge is 0.326 e. The van der Waals surface area contributed by atoms with E-state index in [0.717, 1.165) is 18.9 Å². The molecule has 0 aliphatic heterocycles. The fourth-order valence-corrected chi connectivity index (χ4v) is 3.06. The zero-order chi connectivity index (χ0) is 14.6. The molecule has 19 heavy (non-hydrogen) atoms. The molecular formula is C12H18ClFN2O2S. The summed E-state index contributed by atoms with van der Waals surface area (Å²) in [7, 11) is -2.23. The molecule has 0 saturated heterocycles. The molecule has 108 valence electrons. The number of hydrogen-bond donors (Lipinski definition) is 1. The van der Waals surface area contributed by atoms with E-state index in [1.165, 1.54) is 17.4 Å². The molecule has 0 atom stereocenters. The zero-order valence-corrected chi connectivity index (χ0v) is 12.6. The van der Waals surface area contributed by atoms with Crippen LogP contribution in [0.2, 0.25) is 5.02 Å².